The smallest absolute Gasteiger partial charge is 0.264 e. The summed E-state index contributed by atoms with van der Waals surface area (Å²) in [6.45, 7) is 2.68. The minimum Gasteiger partial charge on any atom is -0.497 e. The number of aromatic nitrogens is 3. The topological polar surface area (TPSA) is 121 Å². The molecule has 2 aliphatic heterocycles. The van der Waals surface area contributed by atoms with E-state index in [2.05, 4.69) is 16.4 Å². The van der Waals surface area contributed by atoms with Crippen molar-refractivity contribution in [3.63, 3.8) is 0 Å². The van der Waals surface area contributed by atoms with Crippen LogP contribution in [0, 0.1) is 5.92 Å². The maximum atomic E-state index is 14.0. The Bertz CT molecular complexity index is 1730. The number of aliphatic hydroxyl groups excluding tert-OH is 1. The molecule has 6 rings (SSSR count). The monoisotopic (exact) mass is 607 g/mol. The summed E-state index contributed by atoms with van der Waals surface area (Å²) in [5.74, 6) is -0.330. The molecular formula is C35H37N5O5. The molecule has 0 saturated heterocycles. The highest BCUT2D eigenvalue weighted by Crippen LogP contribution is 2.47. The van der Waals surface area contributed by atoms with E-state index in [4.69, 9.17) is 9.84 Å². The predicted molar refractivity (Wildman–Crippen MR) is 170 cm³/mol. The standard InChI is InChI=1S/C35H37N5O5/c1-24(7-5-6-19-38-23-27(18-20-41)36-37-38)35(44)30-21-29(45-2)15-16-32(30)39(34(35)43)22-25-10-13-28(14-11-25)40-31-9-4-3-8-26(31)12-17-33(40)42/h3-5,7-11,13-16,21,23-24,41,44H,6,12,17-20,22H2,1-2H3/b7-5+/t24-,35+/m0/s1. The lowest BCUT2D eigenvalue weighted by molar-refractivity contribution is -0.139. The van der Waals surface area contributed by atoms with Crippen molar-refractivity contribution in [2.75, 3.05) is 23.5 Å². The van der Waals surface area contributed by atoms with E-state index < -0.39 is 17.4 Å². The number of hydrogen-bond donors (Lipinski definition) is 2. The Balaban J connectivity index is 1.21. The Morgan fingerprint density at radius 1 is 1.04 bits per heavy atom. The molecule has 0 unspecified atom stereocenters. The van der Waals surface area contributed by atoms with Crippen LogP contribution in [0.1, 0.15) is 42.1 Å². The minimum absolute atomic E-state index is 0.0198. The number of benzene rings is 3. The van der Waals surface area contributed by atoms with Gasteiger partial charge < -0.3 is 19.8 Å². The van der Waals surface area contributed by atoms with Crippen LogP contribution in [-0.2, 0) is 41.1 Å². The van der Waals surface area contributed by atoms with Crippen molar-refractivity contribution in [3.8, 4) is 5.75 Å². The van der Waals surface area contributed by atoms with Crippen LogP contribution in [0.5, 0.6) is 5.75 Å². The summed E-state index contributed by atoms with van der Waals surface area (Å²) >= 11 is 0. The molecule has 3 heterocycles. The molecule has 0 spiro atoms. The molecule has 10 heteroatoms. The van der Waals surface area contributed by atoms with Gasteiger partial charge in [0.1, 0.15) is 5.75 Å². The molecule has 2 N–H and O–H groups in total. The van der Waals surface area contributed by atoms with Crippen molar-refractivity contribution < 1.29 is 24.5 Å². The van der Waals surface area contributed by atoms with E-state index in [1.807, 2.05) is 67.6 Å². The summed E-state index contributed by atoms with van der Waals surface area (Å²) in [5, 5.41) is 29.3. The lowest BCUT2D eigenvalue weighted by Crippen LogP contribution is -2.44. The van der Waals surface area contributed by atoms with Gasteiger partial charge in [-0.3, -0.25) is 19.2 Å². The van der Waals surface area contributed by atoms with E-state index in [1.165, 1.54) is 0 Å². The second-order valence-electron chi connectivity index (χ2n) is 11.5. The fourth-order valence-electron chi connectivity index (χ4n) is 6.18. The fraction of sp³-hybridized carbons (Fsp3) is 0.314. The van der Waals surface area contributed by atoms with E-state index >= 15 is 0 Å². The molecule has 232 valence electrons. The quantitative estimate of drug-likeness (QED) is 0.242. The van der Waals surface area contributed by atoms with E-state index in [0.717, 1.165) is 34.6 Å². The molecule has 0 radical (unpaired) electrons. The zero-order chi connectivity index (χ0) is 31.6. The van der Waals surface area contributed by atoms with Gasteiger partial charge in [0.2, 0.25) is 5.91 Å². The van der Waals surface area contributed by atoms with Crippen molar-refractivity contribution in [2.24, 2.45) is 5.92 Å². The van der Waals surface area contributed by atoms with E-state index in [1.54, 1.807) is 39.9 Å². The Morgan fingerprint density at radius 2 is 1.84 bits per heavy atom. The average Bonchev–Trinajstić information content (AvgIpc) is 3.60. The second kappa shape index (κ2) is 12.7. The number of aryl methyl sites for hydroxylation is 2. The number of fused-ring (bicyclic) bond motifs is 2. The maximum Gasteiger partial charge on any atom is 0.264 e. The zero-order valence-electron chi connectivity index (χ0n) is 25.5. The number of aliphatic hydroxyl groups is 2. The number of methoxy groups -OCH3 is 1. The third-order valence-electron chi connectivity index (χ3n) is 8.66. The number of nitrogens with zero attached hydrogens (tertiary/aromatic N) is 5. The van der Waals surface area contributed by atoms with Gasteiger partial charge in [-0.15, -0.1) is 5.10 Å². The Labute approximate surface area is 262 Å². The van der Waals surface area contributed by atoms with Crippen LogP contribution in [0.25, 0.3) is 0 Å². The number of rotatable bonds is 11. The SMILES string of the molecule is COc1ccc2c(c1)[C@](O)([C@@H](C)/C=C/CCn1cc(CCO)nn1)C(=O)N2Cc1ccc(N2C(=O)CCc3ccccc32)cc1. The number of anilines is 3. The van der Waals surface area contributed by atoms with Gasteiger partial charge in [0.05, 0.1) is 30.7 Å². The van der Waals surface area contributed by atoms with Crippen LogP contribution in [0.15, 0.2) is 85.1 Å². The molecule has 10 nitrogen and oxygen atoms in total. The number of carbonyl (C=O) groups excluding carboxylic acids is 2. The van der Waals surface area contributed by atoms with Crippen LogP contribution >= 0.6 is 0 Å². The van der Waals surface area contributed by atoms with Crippen LogP contribution in [-0.4, -0.2) is 50.7 Å². The second-order valence-corrected chi connectivity index (χ2v) is 11.5. The molecule has 0 bridgehead atoms. The molecule has 2 amide bonds. The van der Waals surface area contributed by atoms with Gasteiger partial charge in [0.15, 0.2) is 5.60 Å². The molecular weight excluding hydrogens is 570 g/mol. The number of carbonyl (C=O) groups is 2. The minimum atomic E-state index is -1.79. The Morgan fingerprint density at radius 3 is 2.62 bits per heavy atom. The number of para-hydroxylation sites is 1. The molecule has 4 aromatic rings. The third kappa shape index (κ3) is 5.74. The highest BCUT2D eigenvalue weighted by Gasteiger charge is 2.52. The highest BCUT2D eigenvalue weighted by atomic mass is 16.5. The first-order valence-corrected chi connectivity index (χ1v) is 15.2. The first-order valence-electron chi connectivity index (χ1n) is 15.2. The van der Waals surface area contributed by atoms with Gasteiger partial charge >= 0.3 is 0 Å². The number of ether oxygens (including phenoxy) is 1. The van der Waals surface area contributed by atoms with Gasteiger partial charge in [0.25, 0.3) is 5.91 Å². The lowest BCUT2D eigenvalue weighted by Gasteiger charge is -2.30. The lowest BCUT2D eigenvalue weighted by atomic mass is 9.83. The first kappa shape index (κ1) is 30.2. The molecule has 0 aliphatic carbocycles. The summed E-state index contributed by atoms with van der Waals surface area (Å²) in [5.41, 5.74) is 3.76. The third-order valence-corrected chi connectivity index (χ3v) is 8.66. The predicted octanol–water partition coefficient (Wildman–Crippen LogP) is 4.45. The van der Waals surface area contributed by atoms with Crippen LogP contribution in [0.4, 0.5) is 17.1 Å². The summed E-state index contributed by atoms with van der Waals surface area (Å²) in [7, 11) is 1.56. The summed E-state index contributed by atoms with van der Waals surface area (Å²) in [6, 6.07) is 20.9. The van der Waals surface area contributed by atoms with Gasteiger partial charge in [-0.25, -0.2) is 0 Å². The molecule has 45 heavy (non-hydrogen) atoms. The van der Waals surface area contributed by atoms with Crippen LogP contribution in [0.3, 0.4) is 0 Å². The van der Waals surface area contributed by atoms with Crippen molar-refractivity contribution in [1.29, 1.82) is 0 Å². The van der Waals surface area contributed by atoms with E-state index in [9.17, 15) is 14.7 Å². The van der Waals surface area contributed by atoms with Crippen molar-refractivity contribution in [1.82, 2.24) is 15.0 Å². The molecule has 2 atom stereocenters. The van der Waals surface area contributed by atoms with Crippen molar-refractivity contribution in [3.05, 3.63) is 107 Å². The van der Waals surface area contributed by atoms with Crippen molar-refractivity contribution in [2.45, 2.75) is 51.3 Å². The Kier molecular flexibility index (Phi) is 8.51. The fourth-order valence-corrected chi connectivity index (χ4v) is 6.18. The van der Waals surface area contributed by atoms with Crippen molar-refractivity contribution >= 4 is 28.9 Å². The highest BCUT2D eigenvalue weighted by molar-refractivity contribution is 6.07. The first-order chi connectivity index (χ1) is 21.8. The molecule has 1 aromatic heterocycles. The number of amides is 2. The van der Waals surface area contributed by atoms with E-state index in [0.29, 0.717) is 42.8 Å². The normalized spacial score (nSPS) is 18.4. The largest absolute Gasteiger partial charge is 0.497 e. The average molecular weight is 608 g/mol. The molecule has 2 aliphatic rings. The molecule has 0 fully saturated rings. The summed E-state index contributed by atoms with van der Waals surface area (Å²) in [6.07, 6.45) is 7.87. The molecule has 0 saturated carbocycles. The summed E-state index contributed by atoms with van der Waals surface area (Å²) < 4.78 is 7.16. The van der Waals surface area contributed by atoms with Crippen LogP contribution < -0.4 is 14.5 Å². The Hall–Kier alpha value is -4.80. The van der Waals surface area contributed by atoms with Gasteiger partial charge in [0, 0.05) is 49.4 Å². The number of allylic oxidation sites excluding steroid dienone is 1. The van der Waals surface area contributed by atoms with Gasteiger partial charge in [-0.1, -0.05) is 54.6 Å². The maximum absolute atomic E-state index is 14.0. The van der Waals surface area contributed by atoms with Gasteiger partial charge in [-0.2, -0.15) is 0 Å². The van der Waals surface area contributed by atoms with E-state index in [-0.39, 0.29) is 19.1 Å². The molecule has 3 aromatic carbocycles. The summed E-state index contributed by atoms with van der Waals surface area (Å²) in [4.78, 5) is 30.3. The zero-order valence-corrected chi connectivity index (χ0v) is 25.5. The number of hydrogen-bond acceptors (Lipinski definition) is 7. The van der Waals surface area contributed by atoms with Crippen LogP contribution in [0.2, 0.25) is 0 Å². The van der Waals surface area contributed by atoms with Gasteiger partial charge in [-0.05, 0) is 60.4 Å².